The molecular weight excluding hydrogens is 241 g/mol. The van der Waals surface area contributed by atoms with Crippen LogP contribution in [0.15, 0.2) is 12.3 Å². The Kier molecular flexibility index (Phi) is 3.76. The quantitative estimate of drug-likeness (QED) is 0.789. The molecular formula is C9H11F3N2O3. The van der Waals surface area contributed by atoms with E-state index in [-0.39, 0.29) is 5.88 Å². The van der Waals surface area contributed by atoms with Crippen LogP contribution in [-0.4, -0.2) is 40.7 Å². The Morgan fingerprint density at radius 1 is 1.59 bits per heavy atom. The predicted octanol–water partition coefficient (Wildman–Crippen LogP) is 0.861. The summed E-state index contributed by atoms with van der Waals surface area (Å²) in [4.78, 5) is 10.3. The maximum Gasteiger partial charge on any atom is 0.399 e. The lowest BCUT2D eigenvalue weighted by molar-refractivity contribution is -0.237. The van der Waals surface area contributed by atoms with Crippen LogP contribution in [0.4, 0.5) is 13.2 Å². The van der Waals surface area contributed by atoms with Crippen LogP contribution in [0.2, 0.25) is 0 Å². The molecule has 1 aromatic rings. The molecule has 1 rings (SSSR count). The van der Waals surface area contributed by atoms with Crippen LogP contribution < -0.4 is 4.74 Å². The number of hydrogen-bond donors (Lipinski definition) is 1. The van der Waals surface area contributed by atoms with E-state index in [1.165, 1.54) is 12.3 Å². The summed E-state index contributed by atoms with van der Waals surface area (Å²) >= 11 is 0. The van der Waals surface area contributed by atoms with Gasteiger partial charge in [-0.25, -0.2) is 4.68 Å². The third-order valence-corrected chi connectivity index (χ3v) is 2.26. The Morgan fingerprint density at radius 2 is 2.24 bits per heavy atom. The summed E-state index contributed by atoms with van der Waals surface area (Å²) < 4.78 is 43.3. The molecule has 0 amide bonds. The van der Waals surface area contributed by atoms with E-state index in [2.05, 4.69) is 5.10 Å². The molecule has 0 spiro atoms. The SMILES string of the molecule is CC(CO)(COc1ccn(C=O)n1)C(F)(F)F. The fraction of sp³-hybridized carbons (Fsp3) is 0.556. The van der Waals surface area contributed by atoms with E-state index in [1.54, 1.807) is 0 Å². The molecule has 0 bridgehead atoms. The van der Waals surface area contributed by atoms with Crippen molar-refractivity contribution in [2.24, 2.45) is 5.41 Å². The smallest absolute Gasteiger partial charge is 0.399 e. The monoisotopic (exact) mass is 252 g/mol. The Bertz CT molecular complexity index is 391. The molecule has 0 fully saturated rings. The van der Waals surface area contributed by atoms with Gasteiger partial charge in [-0.05, 0) is 6.92 Å². The second-order valence-electron chi connectivity index (χ2n) is 3.74. The molecule has 0 aromatic carbocycles. The Labute approximate surface area is 94.8 Å². The minimum absolute atomic E-state index is 0.110. The summed E-state index contributed by atoms with van der Waals surface area (Å²) in [5.74, 6) is -0.110. The minimum Gasteiger partial charge on any atom is -0.476 e. The predicted molar refractivity (Wildman–Crippen MR) is 51.1 cm³/mol. The van der Waals surface area contributed by atoms with Crippen LogP contribution >= 0.6 is 0 Å². The first-order valence-electron chi connectivity index (χ1n) is 4.63. The Balaban J connectivity index is 2.68. The molecule has 1 heterocycles. The van der Waals surface area contributed by atoms with Crippen molar-refractivity contribution in [1.29, 1.82) is 0 Å². The van der Waals surface area contributed by atoms with Crippen molar-refractivity contribution < 1.29 is 27.8 Å². The van der Waals surface area contributed by atoms with Gasteiger partial charge >= 0.3 is 6.18 Å². The van der Waals surface area contributed by atoms with E-state index in [1.807, 2.05) is 0 Å². The van der Waals surface area contributed by atoms with Crippen molar-refractivity contribution in [3.63, 3.8) is 0 Å². The zero-order chi connectivity index (χ0) is 13.1. The highest BCUT2D eigenvalue weighted by atomic mass is 19.4. The van der Waals surface area contributed by atoms with Crippen molar-refractivity contribution in [2.45, 2.75) is 13.1 Å². The molecule has 0 aliphatic carbocycles. The number of carbonyl (C=O) groups is 1. The van der Waals surface area contributed by atoms with E-state index >= 15 is 0 Å². The van der Waals surface area contributed by atoms with Gasteiger partial charge in [-0.1, -0.05) is 0 Å². The van der Waals surface area contributed by atoms with Crippen LogP contribution in [0.3, 0.4) is 0 Å². The van der Waals surface area contributed by atoms with Gasteiger partial charge in [-0.15, -0.1) is 5.10 Å². The summed E-state index contributed by atoms with van der Waals surface area (Å²) in [5, 5.41) is 12.3. The molecule has 1 unspecified atom stereocenters. The average Bonchev–Trinajstić information content (AvgIpc) is 2.72. The van der Waals surface area contributed by atoms with Crippen molar-refractivity contribution in [3.05, 3.63) is 12.3 Å². The second-order valence-corrected chi connectivity index (χ2v) is 3.74. The van der Waals surface area contributed by atoms with E-state index in [4.69, 9.17) is 9.84 Å². The third-order valence-electron chi connectivity index (χ3n) is 2.26. The van der Waals surface area contributed by atoms with Crippen LogP contribution in [0.1, 0.15) is 6.92 Å². The van der Waals surface area contributed by atoms with E-state index in [0.717, 1.165) is 11.6 Å². The molecule has 0 saturated carbocycles. The average molecular weight is 252 g/mol. The van der Waals surface area contributed by atoms with Crippen LogP contribution in [-0.2, 0) is 4.79 Å². The van der Waals surface area contributed by atoms with Gasteiger partial charge in [0.2, 0.25) is 12.3 Å². The zero-order valence-corrected chi connectivity index (χ0v) is 8.94. The second kappa shape index (κ2) is 4.74. The number of ether oxygens (including phenoxy) is 1. The highest BCUT2D eigenvalue weighted by molar-refractivity contribution is 5.50. The van der Waals surface area contributed by atoms with Crippen molar-refractivity contribution in [3.8, 4) is 5.88 Å². The lowest BCUT2D eigenvalue weighted by atomic mass is 9.92. The van der Waals surface area contributed by atoms with Crippen LogP contribution in [0, 0.1) is 5.41 Å². The highest BCUT2D eigenvalue weighted by Gasteiger charge is 2.51. The molecule has 96 valence electrons. The van der Waals surface area contributed by atoms with Gasteiger partial charge in [0.05, 0.1) is 6.61 Å². The highest BCUT2D eigenvalue weighted by Crippen LogP contribution is 2.37. The molecule has 1 aromatic heterocycles. The summed E-state index contributed by atoms with van der Waals surface area (Å²) in [7, 11) is 0. The number of aliphatic hydroxyl groups is 1. The lowest BCUT2D eigenvalue weighted by Crippen LogP contribution is -2.43. The first-order chi connectivity index (χ1) is 7.82. The zero-order valence-electron chi connectivity index (χ0n) is 8.94. The van der Waals surface area contributed by atoms with Crippen molar-refractivity contribution >= 4 is 6.41 Å². The number of carbonyl (C=O) groups excluding carboxylic acids is 1. The molecule has 1 N–H and O–H groups in total. The van der Waals surface area contributed by atoms with Crippen molar-refractivity contribution in [2.75, 3.05) is 13.2 Å². The molecule has 0 saturated heterocycles. The standard InChI is InChI=1S/C9H11F3N2O3/c1-8(4-15,9(10,11)12)5-17-7-2-3-14(6-16)13-7/h2-3,6,15H,4-5H2,1H3. The number of aromatic nitrogens is 2. The number of hydrogen-bond acceptors (Lipinski definition) is 4. The van der Waals surface area contributed by atoms with Crippen molar-refractivity contribution in [1.82, 2.24) is 9.78 Å². The third kappa shape index (κ3) is 2.96. The Morgan fingerprint density at radius 3 is 2.65 bits per heavy atom. The molecule has 0 aliphatic heterocycles. The fourth-order valence-electron chi connectivity index (χ4n) is 0.907. The first kappa shape index (κ1) is 13.5. The van der Waals surface area contributed by atoms with Gasteiger partial charge in [-0.3, -0.25) is 4.79 Å². The summed E-state index contributed by atoms with van der Waals surface area (Å²) in [6.45, 7) is -1.03. The molecule has 0 radical (unpaired) electrons. The van der Waals surface area contributed by atoms with Crippen LogP contribution in [0.5, 0.6) is 5.88 Å². The van der Waals surface area contributed by atoms with Gasteiger partial charge in [0.25, 0.3) is 0 Å². The van der Waals surface area contributed by atoms with E-state index < -0.39 is 24.8 Å². The van der Waals surface area contributed by atoms with Gasteiger partial charge < -0.3 is 9.84 Å². The maximum absolute atomic E-state index is 12.6. The molecule has 0 aliphatic rings. The molecule has 8 heteroatoms. The number of alkyl halides is 3. The summed E-state index contributed by atoms with van der Waals surface area (Å²) in [6, 6.07) is 1.25. The molecule has 17 heavy (non-hydrogen) atoms. The normalized spacial score (nSPS) is 15.4. The lowest BCUT2D eigenvalue weighted by Gasteiger charge is -2.29. The number of aliphatic hydroxyl groups excluding tert-OH is 1. The topological polar surface area (TPSA) is 64.3 Å². The number of halogens is 3. The molecule has 1 atom stereocenters. The van der Waals surface area contributed by atoms with Gasteiger partial charge in [0.1, 0.15) is 12.0 Å². The van der Waals surface area contributed by atoms with Gasteiger partial charge in [0.15, 0.2) is 0 Å². The summed E-state index contributed by atoms with van der Waals surface area (Å²) in [5.41, 5.74) is -2.36. The number of rotatable bonds is 5. The maximum atomic E-state index is 12.6. The fourth-order valence-corrected chi connectivity index (χ4v) is 0.907. The largest absolute Gasteiger partial charge is 0.476 e. The van der Waals surface area contributed by atoms with E-state index in [9.17, 15) is 18.0 Å². The van der Waals surface area contributed by atoms with Crippen LogP contribution in [0.25, 0.3) is 0 Å². The van der Waals surface area contributed by atoms with E-state index in [0.29, 0.717) is 6.41 Å². The molecule has 5 nitrogen and oxygen atoms in total. The summed E-state index contributed by atoms with van der Waals surface area (Å²) in [6.07, 6.45) is -2.97. The minimum atomic E-state index is -4.59. The first-order valence-corrected chi connectivity index (χ1v) is 4.63. The van der Waals surface area contributed by atoms with Gasteiger partial charge in [0, 0.05) is 12.3 Å². The van der Waals surface area contributed by atoms with Gasteiger partial charge in [-0.2, -0.15) is 13.2 Å². The number of nitrogens with zero attached hydrogens (tertiary/aromatic N) is 2. The Hall–Kier alpha value is -1.57.